The summed E-state index contributed by atoms with van der Waals surface area (Å²) in [5.41, 5.74) is 1.13. The zero-order valence-electron chi connectivity index (χ0n) is 16.5. The number of amides is 1. The van der Waals surface area contributed by atoms with Gasteiger partial charge >= 0.3 is 6.09 Å². The highest BCUT2D eigenvalue weighted by atomic mass is 35.6. The second kappa shape index (κ2) is 10.3. The van der Waals surface area contributed by atoms with Gasteiger partial charge in [-0.2, -0.15) is 0 Å². The predicted octanol–water partition coefficient (Wildman–Crippen LogP) is 5.36. The Labute approximate surface area is 178 Å². The van der Waals surface area contributed by atoms with Gasteiger partial charge in [0.15, 0.2) is 8.32 Å². The molecular formula is C18H29Cl3N2O3Si. The van der Waals surface area contributed by atoms with Gasteiger partial charge in [0.05, 0.1) is 0 Å². The van der Waals surface area contributed by atoms with E-state index in [0.29, 0.717) is 13.2 Å². The molecule has 0 saturated carbocycles. The second-order valence-corrected chi connectivity index (χ2v) is 15.4. The standard InChI is InChI=1S/C18H29Cl3N2O3Si/c1-17(2,3)27(4,5)26-12-15(10-14-6-8-22-9-7-14)11-23-16(24)25-13-18(19,20)21/h6-9,15H,10-13H2,1-5H3,(H,23,24). The number of hydrogen-bond donors (Lipinski definition) is 1. The highest BCUT2D eigenvalue weighted by Crippen LogP contribution is 2.36. The number of aromatic nitrogens is 1. The van der Waals surface area contributed by atoms with Crippen LogP contribution in [0.1, 0.15) is 26.3 Å². The van der Waals surface area contributed by atoms with Gasteiger partial charge in [-0.3, -0.25) is 4.98 Å². The van der Waals surface area contributed by atoms with Crippen molar-refractivity contribution in [3.05, 3.63) is 30.1 Å². The molecule has 27 heavy (non-hydrogen) atoms. The molecule has 154 valence electrons. The van der Waals surface area contributed by atoms with Gasteiger partial charge in [-0.05, 0) is 42.2 Å². The lowest BCUT2D eigenvalue weighted by Crippen LogP contribution is -2.43. The van der Waals surface area contributed by atoms with Crippen molar-refractivity contribution in [2.45, 2.75) is 49.1 Å². The van der Waals surface area contributed by atoms with Gasteiger partial charge in [-0.25, -0.2) is 4.79 Å². The summed E-state index contributed by atoms with van der Waals surface area (Å²) in [7, 11) is -1.89. The van der Waals surface area contributed by atoms with Crippen LogP contribution < -0.4 is 5.32 Å². The van der Waals surface area contributed by atoms with Crippen molar-refractivity contribution in [1.29, 1.82) is 0 Å². The van der Waals surface area contributed by atoms with E-state index in [0.717, 1.165) is 12.0 Å². The number of ether oxygens (including phenoxy) is 1. The molecule has 0 saturated heterocycles. The van der Waals surface area contributed by atoms with E-state index >= 15 is 0 Å². The molecule has 0 bridgehead atoms. The smallest absolute Gasteiger partial charge is 0.407 e. The molecular weight excluding hydrogens is 427 g/mol. The fourth-order valence-electron chi connectivity index (χ4n) is 2.01. The van der Waals surface area contributed by atoms with Crippen molar-refractivity contribution in [3.63, 3.8) is 0 Å². The maximum atomic E-state index is 11.9. The molecule has 1 rings (SSSR count). The fraction of sp³-hybridized carbons (Fsp3) is 0.667. The third-order valence-corrected chi connectivity index (χ3v) is 9.49. The van der Waals surface area contributed by atoms with Crippen molar-refractivity contribution in [3.8, 4) is 0 Å². The third kappa shape index (κ3) is 9.99. The van der Waals surface area contributed by atoms with E-state index < -0.39 is 18.2 Å². The molecule has 1 unspecified atom stereocenters. The number of alkyl halides is 3. The Morgan fingerprint density at radius 2 is 1.81 bits per heavy atom. The average molecular weight is 456 g/mol. The van der Waals surface area contributed by atoms with Gasteiger partial charge in [-0.1, -0.05) is 55.6 Å². The number of hydrogen-bond acceptors (Lipinski definition) is 4. The largest absolute Gasteiger partial charge is 0.445 e. The van der Waals surface area contributed by atoms with E-state index in [-0.39, 0.29) is 17.6 Å². The normalized spacial score (nSPS) is 13.9. The van der Waals surface area contributed by atoms with E-state index in [2.05, 4.69) is 44.2 Å². The van der Waals surface area contributed by atoms with Crippen LogP contribution in [0.15, 0.2) is 24.5 Å². The van der Waals surface area contributed by atoms with Crippen LogP contribution in [-0.2, 0) is 15.6 Å². The number of alkyl carbamates (subject to hydrolysis) is 1. The molecule has 0 aliphatic rings. The first-order valence-electron chi connectivity index (χ1n) is 8.80. The summed E-state index contributed by atoms with van der Waals surface area (Å²) in [6.07, 6.45) is 3.64. The number of nitrogens with one attached hydrogen (secondary N) is 1. The van der Waals surface area contributed by atoms with Crippen molar-refractivity contribution in [2.75, 3.05) is 19.8 Å². The molecule has 0 aliphatic carbocycles. The Morgan fingerprint density at radius 3 is 2.33 bits per heavy atom. The summed E-state index contributed by atoms with van der Waals surface area (Å²) in [4.78, 5) is 15.9. The van der Waals surface area contributed by atoms with Crippen molar-refractivity contribution in [1.82, 2.24) is 10.3 Å². The molecule has 0 radical (unpaired) electrons. The summed E-state index contributed by atoms with van der Waals surface area (Å²) in [5, 5.41) is 2.85. The van der Waals surface area contributed by atoms with Gasteiger partial charge in [-0.15, -0.1) is 0 Å². The summed E-state index contributed by atoms with van der Waals surface area (Å²) in [6.45, 7) is 11.6. The topological polar surface area (TPSA) is 60.5 Å². The molecule has 1 atom stereocenters. The van der Waals surface area contributed by atoms with Gasteiger partial charge in [0, 0.05) is 31.5 Å². The number of nitrogens with zero attached hydrogens (tertiary/aromatic N) is 1. The SMILES string of the molecule is CC(C)(C)[Si](C)(C)OCC(CNC(=O)OCC(Cl)(Cl)Cl)Cc1ccncc1. The molecule has 0 fully saturated rings. The molecule has 9 heteroatoms. The van der Waals surface area contributed by atoms with Crippen LogP contribution in [0.5, 0.6) is 0 Å². The highest BCUT2D eigenvalue weighted by Gasteiger charge is 2.37. The lowest BCUT2D eigenvalue weighted by Gasteiger charge is -2.37. The van der Waals surface area contributed by atoms with Gasteiger partial charge in [0.2, 0.25) is 3.79 Å². The predicted molar refractivity (Wildman–Crippen MR) is 114 cm³/mol. The lowest BCUT2D eigenvalue weighted by atomic mass is 10.0. The van der Waals surface area contributed by atoms with Crippen molar-refractivity contribution < 1.29 is 14.0 Å². The van der Waals surface area contributed by atoms with Crippen LogP contribution in [0.2, 0.25) is 18.1 Å². The van der Waals surface area contributed by atoms with Crippen LogP contribution in [-0.4, -0.2) is 42.9 Å². The summed E-state index contributed by atoms with van der Waals surface area (Å²) in [5.74, 6) is 0.0850. The number of carbonyl (C=O) groups is 1. The maximum absolute atomic E-state index is 11.9. The monoisotopic (exact) mass is 454 g/mol. The van der Waals surface area contributed by atoms with E-state index in [4.69, 9.17) is 44.0 Å². The Morgan fingerprint density at radius 1 is 1.22 bits per heavy atom. The van der Waals surface area contributed by atoms with Crippen LogP contribution in [0.25, 0.3) is 0 Å². The Bertz CT molecular complexity index is 590. The summed E-state index contributed by atoms with van der Waals surface area (Å²) >= 11 is 16.8. The number of halogens is 3. The van der Waals surface area contributed by atoms with Crippen LogP contribution in [0.3, 0.4) is 0 Å². The minimum absolute atomic E-state index is 0.0850. The van der Waals surface area contributed by atoms with Gasteiger partial charge in [0.1, 0.15) is 6.61 Å². The summed E-state index contributed by atoms with van der Waals surface area (Å²) in [6, 6.07) is 3.92. The fourth-order valence-corrected chi connectivity index (χ4v) is 3.26. The highest BCUT2D eigenvalue weighted by molar-refractivity contribution is 6.74. The molecule has 1 heterocycles. The Hall–Kier alpha value is -0.533. The first-order chi connectivity index (χ1) is 12.3. The van der Waals surface area contributed by atoms with Crippen LogP contribution >= 0.6 is 34.8 Å². The molecule has 1 amide bonds. The van der Waals surface area contributed by atoms with Gasteiger partial charge in [0.25, 0.3) is 0 Å². The third-order valence-electron chi connectivity index (χ3n) is 4.66. The second-order valence-electron chi connectivity index (χ2n) is 8.07. The van der Waals surface area contributed by atoms with Crippen LogP contribution in [0.4, 0.5) is 4.79 Å². The molecule has 0 aliphatic heterocycles. The lowest BCUT2D eigenvalue weighted by molar-refractivity contribution is 0.143. The van der Waals surface area contributed by atoms with Crippen LogP contribution in [0, 0.1) is 5.92 Å². The first-order valence-corrected chi connectivity index (χ1v) is 12.8. The van der Waals surface area contributed by atoms with E-state index in [1.54, 1.807) is 12.4 Å². The zero-order valence-corrected chi connectivity index (χ0v) is 19.8. The minimum atomic E-state index is -1.89. The molecule has 0 spiro atoms. The minimum Gasteiger partial charge on any atom is -0.445 e. The molecule has 1 N–H and O–H groups in total. The number of pyridine rings is 1. The molecule has 5 nitrogen and oxygen atoms in total. The first kappa shape index (κ1) is 24.5. The Kier molecular flexibility index (Phi) is 9.35. The van der Waals surface area contributed by atoms with E-state index in [1.165, 1.54) is 0 Å². The average Bonchev–Trinajstić information content (AvgIpc) is 2.54. The maximum Gasteiger partial charge on any atom is 0.407 e. The number of carbonyl (C=O) groups excluding carboxylic acids is 1. The zero-order chi connectivity index (χ0) is 20.7. The molecule has 0 aromatic carbocycles. The van der Waals surface area contributed by atoms with E-state index in [9.17, 15) is 4.79 Å². The molecule has 1 aromatic heterocycles. The van der Waals surface area contributed by atoms with Crippen molar-refractivity contribution >= 4 is 49.2 Å². The molecule has 1 aromatic rings. The van der Waals surface area contributed by atoms with E-state index in [1.807, 2.05) is 12.1 Å². The summed E-state index contributed by atoms with van der Waals surface area (Å²) < 4.78 is 9.64. The van der Waals surface area contributed by atoms with Crippen molar-refractivity contribution in [2.24, 2.45) is 5.92 Å². The van der Waals surface area contributed by atoms with Gasteiger partial charge < -0.3 is 14.5 Å². The number of rotatable bonds is 8. The quantitative estimate of drug-likeness (QED) is 0.423. The Balaban J connectivity index is 2.67.